The molecule has 0 unspecified atom stereocenters. The van der Waals surface area contributed by atoms with Crippen LogP contribution in [0, 0.1) is 0 Å². The fourth-order valence-corrected chi connectivity index (χ4v) is 2.10. The van der Waals surface area contributed by atoms with E-state index >= 15 is 0 Å². The number of amides is 1. The third kappa shape index (κ3) is 6.56. The van der Waals surface area contributed by atoms with Gasteiger partial charge in [0.05, 0.1) is 17.9 Å². The van der Waals surface area contributed by atoms with Gasteiger partial charge in [0.1, 0.15) is 22.7 Å². The number of nitrogens with zero attached hydrogens (tertiary/aromatic N) is 2. The molecule has 6 nitrogen and oxygen atoms in total. The van der Waals surface area contributed by atoms with Crippen molar-refractivity contribution >= 4 is 23.3 Å². The monoisotopic (exact) mass is 318 g/mol. The molecule has 1 fully saturated rings. The number of ether oxygens (including phenoxy) is 2. The minimum atomic E-state index is -1.32. The third-order valence-corrected chi connectivity index (χ3v) is 3.95. The summed E-state index contributed by atoms with van der Waals surface area (Å²) in [4.78, 5) is 13.6. The molecule has 0 bridgehead atoms. The quantitative estimate of drug-likeness (QED) is 0.732. The van der Waals surface area contributed by atoms with E-state index in [0.29, 0.717) is 19.7 Å². The Morgan fingerprint density at radius 1 is 1.33 bits per heavy atom. The average Bonchev–Trinajstić information content (AvgIpc) is 2.33. The Balaban J connectivity index is 2.59. The molecule has 0 radical (unpaired) electrons. The Kier molecular flexibility index (Phi) is 5.92. The van der Waals surface area contributed by atoms with Crippen LogP contribution in [0.4, 0.5) is 4.79 Å². The van der Waals surface area contributed by atoms with Gasteiger partial charge >= 0.3 is 6.09 Å². The first-order valence-electron chi connectivity index (χ1n) is 7.05. The van der Waals surface area contributed by atoms with E-state index in [1.54, 1.807) is 4.90 Å². The standard InChI is InChI=1S/C14H26N2O4S/c1-13(2,3)20-12(17)16-7-8-19-11(10-16)9-15-21(18)14(4,5)6/h9,11H,7-8,10H2,1-6H3/b15-9+/t11-,21+/m1/s1. The maximum absolute atomic E-state index is 12.0. The highest BCUT2D eigenvalue weighted by Gasteiger charge is 2.28. The summed E-state index contributed by atoms with van der Waals surface area (Å²) in [6.45, 7) is 12.3. The van der Waals surface area contributed by atoms with Crippen LogP contribution in [-0.2, 0) is 20.5 Å². The lowest BCUT2D eigenvalue weighted by molar-refractivity contribution is -0.0196. The molecule has 1 heterocycles. The lowest BCUT2D eigenvalue weighted by Crippen LogP contribution is -2.48. The minimum Gasteiger partial charge on any atom is -0.444 e. The zero-order valence-electron chi connectivity index (χ0n) is 13.7. The zero-order chi connectivity index (χ0) is 16.3. The summed E-state index contributed by atoms with van der Waals surface area (Å²) in [6, 6.07) is 0. The molecule has 0 N–H and O–H groups in total. The van der Waals surface area contributed by atoms with Crippen molar-refractivity contribution in [3.8, 4) is 0 Å². The predicted molar refractivity (Wildman–Crippen MR) is 83.9 cm³/mol. The smallest absolute Gasteiger partial charge is 0.410 e. The molecule has 0 spiro atoms. The number of carbonyl (C=O) groups excluding carboxylic acids is 1. The number of carbonyl (C=O) groups is 1. The molecule has 0 aromatic rings. The van der Waals surface area contributed by atoms with Gasteiger partial charge in [0, 0.05) is 12.8 Å². The number of rotatable bonds is 2. The van der Waals surface area contributed by atoms with Crippen molar-refractivity contribution in [3.63, 3.8) is 0 Å². The van der Waals surface area contributed by atoms with Crippen LogP contribution in [0.3, 0.4) is 0 Å². The minimum absolute atomic E-state index is 0.349. The highest BCUT2D eigenvalue weighted by atomic mass is 32.2. The SMILES string of the molecule is CC(C)(C)OC(=O)N1CCO[C@H](/C=N/[S@@](=O)C(C)(C)C)C1. The Labute approximate surface area is 129 Å². The van der Waals surface area contributed by atoms with Crippen molar-refractivity contribution in [3.05, 3.63) is 0 Å². The van der Waals surface area contributed by atoms with Gasteiger partial charge in [0.15, 0.2) is 0 Å². The summed E-state index contributed by atoms with van der Waals surface area (Å²) in [5.74, 6) is 0. The molecule has 0 saturated carbocycles. The Morgan fingerprint density at radius 3 is 2.48 bits per heavy atom. The van der Waals surface area contributed by atoms with Crippen LogP contribution in [0.2, 0.25) is 0 Å². The molecule has 1 aliphatic rings. The first-order valence-corrected chi connectivity index (χ1v) is 8.15. The van der Waals surface area contributed by atoms with Crippen LogP contribution in [0.5, 0.6) is 0 Å². The molecule has 1 rings (SSSR count). The molecule has 0 aromatic carbocycles. The zero-order valence-corrected chi connectivity index (χ0v) is 14.5. The van der Waals surface area contributed by atoms with Crippen LogP contribution in [0.1, 0.15) is 41.5 Å². The van der Waals surface area contributed by atoms with E-state index in [4.69, 9.17) is 9.47 Å². The highest BCUT2D eigenvalue weighted by molar-refractivity contribution is 7.85. The van der Waals surface area contributed by atoms with Gasteiger partial charge < -0.3 is 14.4 Å². The van der Waals surface area contributed by atoms with E-state index in [1.165, 1.54) is 6.21 Å². The topological polar surface area (TPSA) is 68.2 Å². The molecule has 1 aliphatic heterocycles. The molecule has 0 aliphatic carbocycles. The summed E-state index contributed by atoms with van der Waals surface area (Å²) in [7, 11) is -1.32. The highest BCUT2D eigenvalue weighted by Crippen LogP contribution is 2.14. The lowest BCUT2D eigenvalue weighted by atomic mass is 10.2. The van der Waals surface area contributed by atoms with Gasteiger partial charge in [0.2, 0.25) is 0 Å². The van der Waals surface area contributed by atoms with Crippen molar-refractivity contribution in [2.45, 2.75) is 58.0 Å². The van der Waals surface area contributed by atoms with Crippen LogP contribution in [0.25, 0.3) is 0 Å². The maximum atomic E-state index is 12.0. The first kappa shape index (κ1) is 18.1. The number of morpholine rings is 1. The average molecular weight is 318 g/mol. The second-order valence-electron chi connectivity index (χ2n) is 6.95. The van der Waals surface area contributed by atoms with Gasteiger partial charge in [-0.1, -0.05) is 0 Å². The van der Waals surface area contributed by atoms with E-state index in [2.05, 4.69) is 4.40 Å². The van der Waals surface area contributed by atoms with Crippen molar-refractivity contribution in [1.82, 2.24) is 4.90 Å². The molecule has 2 atom stereocenters. The second kappa shape index (κ2) is 6.87. The Hall–Kier alpha value is -0.950. The summed E-state index contributed by atoms with van der Waals surface area (Å²) in [5.41, 5.74) is -0.521. The Bertz CT molecular complexity index is 424. The first-order chi connectivity index (χ1) is 9.49. The molecule has 1 amide bonds. The van der Waals surface area contributed by atoms with Crippen LogP contribution in [-0.4, -0.2) is 57.6 Å². The van der Waals surface area contributed by atoms with Crippen molar-refractivity contribution < 1.29 is 18.5 Å². The maximum Gasteiger partial charge on any atom is 0.410 e. The van der Waals surface area contributed by atoms with E-state index < -0.39 is 21.3 Å². The van der Waals surface area contributed by atoms with Crippen molar-refractivity contribution in [2.24, 2.45) is 4.40 Å². The van der Waals surface area contributed by atoms with E-state index in [-0.39, 0.29) is 12.2 Å². The predicted octanol–water partition coefficient (Wildman–Crippen LogP) is 2.16. The second-order valence-corrected chi connectivity index (χ2v) is 8.89. The van der Waals surface area contributed by atoms with Crippen LogP contribution < -0.4 is 0 Å². The largest absolute Gasteiger partial charge is 0.444 e. The summed E-state index contributed by atoms with van der Waals surface area (Å²) >= 11 is 0. The van der Waals surface area contributed by atoms with Crippen molar-refractivity contribution in [1.29, 1.82) is 0 Å². The molecule has 0 aromatic heterocycles. The molecule has 21 heavy (non-hydrogen) atoms. The number of hydrogen-bond donors (Lipinski definition) is 0. The van der Waals surface area contributed by atoms with Crippen molar-refractivity contribution in [2.75, 3.05) is 19.7 Å². The normalized spacial score (nSPS) is 22.4. The van der Waals surface area contributed by atoms with Crippen LogP contribution >= 0.6 is 0 Å². The van der Waals surface area contributed by atoms with Gasteiger partial charge in [-0.2, -0.15) is 4.40 Å². The Morgan fingerprint density at radius 2 is 1.95 bits per heavy atom. The lowest BCUT2D eigenvalue weighted by Gasteiger charge is -2.32. The summed E-state index contributed by atoms with van der Waals surface area (Å²) < 4.78 is 26.3. The van der Waals surface area contributed by atoms with Gasteiger partial charge in [0.25, 0.3) is 0 Å². The molecule has 122 valence electrons. The fraction of sp³-hybridized carbons (Fsp3) is 0.857. The van der Waals surface area contributed by atoms with Gasteiger partial charge in [-0.25, -0.2) is 9.00 Å². The molecule has 1 saturated heterocycles. The van der Waals surface area contributed by atoms with E-state index in [9.17, 15) is 9.00 Å². The molecule has 7 heteroatoms. The van der Waals surface area contributed by atoms with Gasteiger partial charge in [-0.3, -0.25) is 0 Å². The van der Waals surface area contributed by atoms with E-state index in [0.717, 1.165) is 0 Å². The molecular formula is C14H26N2O4S. The van der Waals surface area contributed by atoms with Gasteiger partial charge in [-0.15, -0.1) is 0 Å². The number of hydrogen-bond acceptors (Lipinski definition) is 4. The summed E-state index contributed by atoms with van der Waals surface area (Å²) in [5, 5.41) is 0. The van der Waals surface area contributed by atoms with Crippen LogP contribution in [0.15, 0.2) is 4.40 Å². The third-order valence-electron chi connectivity index (χ3n) is 2.59. The molecular weight excluding hydrogens is 292 g/mol. The summed E-state index contributed by atoms with van der Waals surface area (Å²) in [6.07, 6.45) is 0.816. The van der Waals surface area contributed by atoms with E-state index in [1.807, 2.05) is 41.5 Å². The fourth-order valence-electron chi connectivity index (χ4n) is 1.54. The van der Waals surface area contributed by atoms with Gasteiger partial charge in [-0.05, 0) is 41.5 Å².